The molecule has 16 nitrogen and oxygen atoms in total. The average molecular weight is 1620 g/mol. The highest BCUT2D eigenvalue weighted by Gasteiger charge is 2.29. The van der Waals surface area contributed by atoms with E-state index in [0.29, 0.717) is 19.3 Å². The Morgan fingerprint density at radius 2 is 0.442 bits per heavy atom. The molecular formula is C95H164O16P2. The number of unbranched alkanes of at least 4 members (excludes halogenated alkanes) is 38. The first-order chi connectivity index (χ1) is 55.2. The molecule has 0 aliphatic heterocycles. The number of carbonyl (C=O) groups is 3. The summed E-state index contributed by atoms with van der Waals surface area (Å²) in [5.41, 5.74) is 0. The van der Waals surface area contributed by atoms with Crippen LogP contribution in [0.15, 0.2) is 146 Å². The van der Waals surface area contributed by atoms with Crippen LogP contribution in [-0.4, -0.2) is 95.9 Å². The van der Waals surface area contributed by atoms with Crippen LogP contribution in [0.2, 0.25) is 0 Å². The Kier molecular flexibility index (Phi) is 83.3. The Balaban J connectivity index is 4.60. The standard InChI is InChI=1S/C95H164O16P2/c1-4-7-10-13-16-19-22-25-28-31-34-37-39-41-42-43-44-45-46-48-50-52-54-57-60-63-66-69-72-75-78-81-93(98)105-84-90(96)85-107-112(101,102)108-86-91(97)87-109-113(103,104)110-89-92(111-95(100)83-80-77-74-71-68-65-62-59-56-51-36-33-30-27-24-21-18-15-12-9-6-3)88-106-94(99)82-79-76-73-70-67-64-61-58-55-53-49-47-40-38-35-32-29-26-23-20-17-14-11-8-5-2/h16-21,25-30,34-38,41-42,47,49,51,59,62,90-92,96-97H,4-15,22-24,31-33,39-40,43-46,48,50,52-58,60-61,63-89H2,1-3H3,(H,101,102)(H,103,104)/b19-16-,20-17-,21-18-,28-25-,29-26-,30-27-,37-34-,38-35-,42-41-,49-47-,51-36-,62-59-. The van der Waals surface area contributed by atoms with Gasteiger partial charge < -0.3 is 34.2 Å². The number of aliphatic hydroxyl groups excluding tert-OH is 2. The van der Waals surface area contributed by atoms with Gasteiger partial charge in [-0.1, -0.05) is 353 Å². The third-order valence-electron chi connectivity index (χ3n) is 19.0. The molecule has 0 aliphatic carbocycles. The fourth-order valence-electron chi connectivity index (χ4n) is 12.1. The van der Waals surface area contributed by atoms with E-state index >= 15 is 0 Å². The Morgan fingerprint density at radius 1 is 0.248 bits per heavy atom. The molecule has 0 spiro atoms. The number of rotatable bonds is 85. The molecule has 4 N–H and O–H groups in total. The molecule has 0 aromatic heterocycles. The molecule has 0 aromatic carbocycles. The second kappa shape index (κ2) is 86.8. The number of ether oxygens (including phenoxy) is 3. The number of hydrogen-bond donors (Lipinski definition) is 4. The van der Waals surface area contributed by atoms with Gasteiger partial charge in [-0.2, -0.15) is 0 Å². The lowest BCUT2D eigenvalue weighted by atomic mass is 10.0. The van der Waals surface area contributed by atoms with Crippen LogP contribution in [0.25, 0.3) is 0 Å². The third kappa shape index (κ3) is 88.1. The topological polar surface area (TPSA) is 231 Å². The van der Waals surface area contributed by atoms with Crippen LogP contribution in [-0.2, 0) is 55.8 Å². The van der Waals surface area contributed by atoms with Crippen molar-refractivity contribution >= 4 is 33.6 Å². The zero-order valence-electron chi connectivity index (χ0n) is 71.5. The van der Waals surface area contributed by atoms with Crippen molar-refractivity contribution in [1.82, 2.24) is 0 Å². The van der Waals surface area contributed by atoms with Crippen LogP contribution < -0.4 is 0 Å². The summed E-state index contributed by atoms with van der Waals surface area (Å²) in [5.74, 6) is -1.60. The van der Waals surface area contributed by atoms with Gasteiger partial charge in [-0.05, 0) is 154 Å². The van der Waals surface area contributed by atoms with Gasteiger partial charge in [0, 0.05) is 19.3 Å². The molecule has 5 atom stereocenters. The highest BCUT2D eigenvalue weighted by molar-refractivity contribution is 7.47. The van der Waals surface area contributed by atoms with Crippen molar-refractivity contribution in [3.05, 3.63) is 146 Å². The Morgan fingerprint density at radius 3 is 0.699 bits per heavy atom. The van der Waals surface area contributed by atoms with E-state index in [1.807, 2.05) is 0 Å². The molecule has 0 fully saturated rings. The number of phosphoric acid groups is 2. The molecule has 18 heteroatoms. The van der Waals surface area contributed by atoms with Crippen LogP contribution in [0.5, 0.6) is 0 Å². The van der Waals surface area contributed by atoms with E-state index in [1.165, 1.54) is 173 Å². The highest BCUT2D eigenvalue weighted by atomic mass is 31.2. The second-order valence-electron chi connectivity index (χ2n) is 30.0. The summed E-state index contributed by atoms with van der Waals surface area (Å²) in [4.78, 5) is 58.9. The quantitative estimate of drug-likeness (QED) is 0.0146. The molecule has 5 unspecified atom stereocenters. The van der Waals surface area contributed by atoms with Crippen LogP contribution in [0.3, 0.4) is 0 Å². The van der Waals surface area contributed by atoms with Crippen LogP contribution in [0.4, 0.5) is 0 Å². The Labute approximate surface area is 689 Å². The molecule has 0 saturated carbocycles. The molecule has 650 valence electrons. The number of carbonyl (C=O) groups excluding carboxylic acids is 3. The van der Waals surface area contributed by atoms with Gasteiger partial charge in [-0.15, -0.1) is 0 Å². The molecule has 0 aliphatic rings. The van der Waals surface area contributed by atoms with E-state index in [9.17, 15) is 43.5 Å². The maximum Gasteiger partial charge on any atom is 0.472 e. The minimum Gasteiger partial charge on any atom is -0.463 e. The third-order valence-corrected chi connectivity index (χ3v) is 20.9. The zero-order chi connectivity index (χ0) is 82.2. The molecule has 0 rings (SSSR count). The van der Waals surface area contributed by atoms with Crippen LogP contribution in [0.1, 0.15) is 380 Å². The number of allylic oxidation sites excluding steroid dienone is 24. The molecule has 0 saturated heterocycles. The smallest absolute Gasteiger partial charge is 0.463 e. The number of aliphatic hydroxyl groups is 2. The molecule has 113 heavy (non-hydrogen) atoms. The predicted octanol–water partition coefficient (Wildman–Crippen LogP) is 27.6. The van der Waals surface area contributed by atoms with E-state index in [4.69, 9.17) is 32.3 Å². The molecule has 0 radical (unpaired) electrons. The van der Waals surface area contributed by atoms with Gasteiger partial charge in [0.25, 0.3) is 0 Å². The summed E-state index contributed by atoms with van der Waals surface area (Å²) in [6.45, 7) is 2.61. The van der Waals surface area contributed by atoms with E-state index < -0.39 is 91.5 Å². The Hall–Kier alpha value is -4.57. The maximum atomic E-state index is 13.0. The van der Waals surface area contributed by atoms with Gasteiger partial charge in [-0.3, -0.25) is 32.5 Å². The summed E-state index contributed by atoms with van der Waals surface area (Å²) in [5, 5.41) is 20.7. The van der Waals surface area contributed by atoms with Gasteiger partial charge in [-0.25, -0.2) is 9.13 Å². The van der Waals surface area contributed by atoms with Crippen molar-refractivity contribution in [1.29, 1.82) is 0 Å². The fourth-order valence-corrected chi connectivity index (χ4v) is 13.7. The van der Waals surface area contributed by atoms with Crippen LogP contribution >= 0.6 is 15.6 Å². The molecule has 0 heterocycles. The summed E-state index contributed by atoms with van der Waals surface area (Å²) >= 11 is 0. The van der Waals surface area contributed by atoms with E-state index in [0.717, 1.165) is 148 Å². The zero-order valence-corrected chi connectivity index (χ0v) is 73.3. The average Bonchev–Trinajstić information content (AvgIpc) is 0.900. The normalized spacial score (nSPS) is 14.5. The monoisotopic (exact) mass is 1620 g/mol. The summed E-state index contributed by atoms with van der Waals surface area (Å²) < 4.78 is 61.4. The van der Waals surface area contributed by atoms with Crippen molar-refractivity contribution in [2.75, 3.05) is 39.6 Å². The van der Waals surface area contributed by atoms with Crippen molar-refractivity contribution in [2.24, 2.45) is 0 Å². The maximum absolute atomic E-state index is 13.0. The fraction of sp³-hybridized carbons (Fsp3) is 0.716. The molecular weight excluding hydrogens is 1460 g/mol. The lowest BCUT2D eigenvalue weighted by molar-refractivity contribution is -0.161. The minimum atomic E-state index is -4.95. The lowest BCUT2D eigenvalue weighted by Gasteiger charge is -2.21. The van der Waals surface area contributed by atoms with E-state index in [2.05, 4.69) is 167 Å². The van der Waals surface area contributed by atoms with E-state index in [-0.39, 0.29) is 19.3 Å². The first-order valence-electron chi connectivity index (χ1n) is 45.1. The van der Waals surface area contributed by atoms with Crippen molar-refractivity contribution in [2.45, 2.75) is 399 Å². The summed E-state index contributed by atoms with van der Waals surface area (Å²) in [6, 6.07) is 0. The van der Waals surface area contributed by atoms with Gasteiger partial charge in [0.05, 0.1) is 26.4 Å². The first-order valence-corrected chi connectivity index (χ1v) is 48.1. The minimum absolute atomic E-state index is 0.0789. The van der Waals surface area contributed by atoms with Crippen LogP contribution in [0, 0.1) is 0 Å². The van der Waals surface area contributed by atoms with Crippen molar-refractivity contribution in [3.8, 4) is 0 Å². The number of esters is 3. The first kappa shape index (κ1) is 108. The van der Waals surface area contributed by atoms with Gasteiger partial charge in [0.15, 0.2) is 6.10 Å². The van der Waals surface area contributed by atoms with Gasteiger partial charge in [0.1, 0.15) is 25.4 Å². The van der Waals surface area contributed by atoms with Gasteiger partial charge >= 0.3 is 33.6 Å². The largest absolute Gasteiger partial charge is 0.472 e. The van der Waals surface area contributed by atoms with Crippen molar-refractivity contribution < 1.29 is 75.8 Å². The lowest BCUT2D eigenvalue weighted by Crippen LogP contribution is -2.30. The van der Waals surface area contributed by atoms with Crippen molar-refractivity contribution in [3.63, 3.8) is 0 Å². The van der Waals surface area contributed by atoms with Gasteiger partial charge in [0.2, 0.25) is 0 Å². The highest BCUT2D eigenvalue weighted by Crippen LogP contribution is 2.45. The summed E-state index contributed by atoms with van der Waals surface area (Å²) in [6.07, 6.45) is 109. The molecule has 0 amide bonds. The SMILES string of the molecule is CCCCC/C=C\C/C=C\C/C=C\C/C=C\CCCCCCCCCCCCCCCCCC(=O)OCC(O)COP(=O)(O)OCC(O)COP(=O)(O)OCC(COC(=O)CCCCCCCCCCC/C=C\C/C=C\C/C=C\C/C=C\CCCCC)OC(=O)CCCCCCC/C=C\C/C=C\C/C=C\C/C=C\CCCCC. The molecule has 0 bridgehead atoms. The number of hydrogen-bond acceptors (Lipinski definition) is 14. The second-order valence-corrected chi connectivity index (χ2v) is 32.9. The van der Waals surface area contributed by atoms with E-state index in [1.54, 1.807) is 0 Å². The Bertz CT molecular complexity index is 2630. The summed E-state index contributed by atoms with van der Waals surface area (Å²) in [7, 11) is -9.82. The predicted molar refractivity (Wildman–Crippen MR) is 473 cm³/mol. The number of phosphoric ester groups is 2. The molecule has 0 aromatic rings.